The summed E-state index contributed by atoms with van der Waals surface area (Å²) in [5, 5.41) is 0. The van der Waals surface area contributed by atoms with Crippen molar-refractivity contribution >= 4 is 23.7 Å². The number of nitrogens with two attached hydrogens (primary N) is 1. The Bertz CT molecular complexity index is 803. The molecule has 7 heteroatoms. The van der Waals surface area contributed by atoms with Crippen molar-refractivity contribution in [2.75, 3.05) is 0 Å². The second kappa shape index (κ2) is 8.68. The standard InChI is InChI=1S/C19H17NO6/c1-12(21)17(22)26-19(24)16(15(20)13-8-4-2-5-9-13)25-18(23)14-10-6-3-7-11-14/h2-11,15-16H,20H2,1H3/t15-,16?/m1/s1. The topological polar surface area (TPSA) is 113 Å². The second-order valence-electron chi connectivity index (χ2n) is 5.39. The van der Waals surface area contributed by atoms with Gasteiger partial charge in [-0.05, 0) is 17.7 Å². The summed E-state index contributed by atoms with van der Waals surface area (Å²) in [5.41, 5.74) is 6.73. The molecule has 134 valence electrons. The van der Waals surface area contributed by atoms with E-state index in [9.17, 15) is 19.2 Å². The summed E-state index contributed by atoms with van der Waals surface area (Å²) in [5.74, 6) is -4.34. The van der Waals surface area contributed by atoms with Crippen LogP contribution >= 0.6 is 0 Å². The van der Waals surface area contributed by atoms with Crippen molar-refractivity contribution in [3.8, 4) is 0 Å². The zero-order chi connectivity index (χ0) is 19.1. The Kier molecular flexibility index (Phi) is 6.35. The van der Waals surface area contributed by atoms with Crippen molar-refractivity contribution in [2.24, 2.45) is 5.73 Å². The summed E-state index contributed by atoms with van der Waals surface area (Å²) < 4.78 is 9.66. The number of ketones is 1. The molecule has 0 spiro atoms. The first kappa shape index (κ1) is 19.0. The zero-order valence-corrected chi connectivity index (χ0v) is 14.0. The fourth-order valence-corrected chi connectivity index (χ4v) is 2.10. The molecule has 7 nitrogen and oxygen atoms in total. The minimum absolute atomic E-state index is 0.198. The molecule has 2 aromatic carbocycles. The van der Waals surface area contributed by atoms with Crippen molar-refractivity contribution in [3.63, 3.8) is 0 Å². The average Bonchev–Trinajstić information content (AvgIpc) is 2.66. The number of hydrogen-bond donors (Lipinski definition) is 1. The summed E-state index contributed by atoms with van der Waals surface area (Å²) in [7, 11) is 0. The molecule has 1 unspecified atom stereocenters. The molecule has 0 aliphatic heterocycles. The van der Waals surface area contributed by atoms with Crippen LogP contribution in [0.1, 0.15) is 28.9 Å². The van der Waals surface area contributed by atoms with E-state index in [1.807, 2.05) is 0 Å². The first-order valence-electron chi connectivity index (χ1n) is 7.73. The van der Waals surface area contributed by atoms with Crippen molar-refractivity contribution < 1.29 is 28.7 Å². The predicted molar refractivity (Wildman–Crippen MR) is 90.8 cm³/mol. The van der Waals surface area contributed by atoms with Crippen LogP contribution in [0, 0.1) is 0 Å². The Labute approximate surface area is 149 Å². The second-order valence-corrected chi connectivity index (χ2v) is 5.39. The number of Topliss-reactive ketones (excluding diaryl/α,β-unsaturated/α-hetero) is 1. The van der Waals surface area contributed by atoms with Crippen molar-refractivity contribution in [2.45, 2.75) is 19.1 Å². The largest absolute Gasteiger partial charge is 0.445 e. The molecule has 0 aliphatic carbocycles. The highest BCUT2D eigenvalue weighted by molar-refractivity contribution is 6.34. The van der Waals surface area contributed by atoms with Crippen LogP contribution in [-0.4, -0.2) is 29.8 Å². The third-order valence-corrected chi connectivity index (χ3v) is 3.47. The molecule has 2 aromatic rings. The molecule has 0 fully saturated rings. The van der Waals surface area contributed by atoms with Gasteiger partial charge in [-0.1, -0.05) is 48.5 Å². The van der Waals surface area contributed by atoms with E-state index in [1.165, 1.54) is 12.1 Å². The lowest BCUT2D eigenvalue weighted by atomic mass is 10.0. The van der Waals surface area contributed by atoms with Gasteiger partial charge in [-0.3, -0.25) is 4.79 Å². The van der Waals surface area contributed by atoms with E-state index in [0.717, 1.165) is 6.92 Å². The predicted octanol–water partition coefficient (Wildman–Crippen LogP) is 1.57. The van der Waals surface area contributed by atoms with E-state index >= 15 is 0 Å². The van der Waals surface area contributed by atoms with Crippen LogP contribution in [0.5, 0.6) is 0 Å². The quantitative estimate of drug-likeness (QED) is 0.475. The SMILES string of the molecule is CC(=O)C(=O)OC(=O)C(OC(=O)c1ccccc1)[C@H](N)c1ccccc1. The van der Waals surface area contributed by atoms with Crippen LogP contribution in [0.15, 0.2) is 60.7 Å². The summed E-state index contributed by atoms with van der Waals surface area (Å²) in [4.78, 5) is 47.0. The Morgan fingerprint density at radius 1 is 0.885 bits per heavy atom. The van der Waals surface area contributed by atoms with Crippen LogP contribution < -0.4 is 5.73 Å². The van der Waals surface area contributed by atoms with Gasteiger partial charge in [-0.2, -0.15) is 0 Å². The van der Waals surface area contributed by atoms with Gasteiger partial charge in [0.2, 0.25) is 11.9 Å². The van der Waals surface area contributed by atoms with Gasteiger partial charge in [0, 0.05) is 6.92 Å². The molecule has 0 amide bonds. The normalized spacial score (nSPS) is 12.5. The highest BCUT2D eigenvalue weighted by Crippen LogP contribution is 2.19. The smallest absolute Gasteiger partial charge is 0.382 e. The number of ether oxygens (including phenoxy) is 2. The van der Waals surface area contributed by atoms with Gasteiger partial charge in [0.25, 0.3) is 0 Å². The van der Waals surface area contributed by atoms with Gasteiger partial charge in [-0.25, -0.2) is 14.4 Å². The van der Waals surface area contributed by atoms with Gasteiger partial charge in [0.15, 0.2) is 0 Å². The number of benzene rings is 2. The highest BCUT2D eigenvalue weighted by atomic mass is 16.6. The molecule has 0 aromatic heterocycles. The number of carbonyl (C=O) groups excluding carboxylic acids is 4. The van der Waals surface area contributed by atoms with Crippen LogP contribution in [-0.2, 0) is 23.9 Å². The Balaban J connectivity index is 2.26. The van der Waals surface area contributed by atoms with Crippen molar-refractivity contribution in [3.05, 3.63) is 71.8 Å². The number of hydrogen-bond acceptors (Lipinski definition) is 7. The molecular formula is C19H17NO6. The molecule has 0 radical (unpaired) electrons. The van der Waals surface area contributed by atoms with Gasteiger partial charge in [-0.15, -0.1) is 0 Å². The number of carbonyl (C=O) groups is 4. The lowest BCUT2D eigenvalue weighted by molar-refractivity contribution is -0.169. The maximum absolute atomic E-state index is 12.3. The third kappa shape index (κ3) is 4.84. The van der Waals surface area contributed by atoms with Gasteiger partial charge < -0.3 is 15.2 Å². The minimum Gasteiger partial charge on any atom is -0.445 e. The molecule has 0 bridgehead atoms. The fourth-order valence-electron chi connectivity index (χ4n) is 2.10. The Morgan fingerprint density at radius 2 is 1.42 bits per heavy atom. The van der Waals surface area contributed by atoms with Crippen molar-refractivity contribution in [1.82, 2.24) is 0 Å². The van der Waals surface area contributed by atoms with E-state index in [0.29, 0.717) is 5.56 Å². The monoisotopic (exact) mass is 355 g/mol. The van der Waals surface area contributed by atoms with Crippen LogP contribution in [0.3, 0.4) is 0 Å². The highest BCUT2D eigenvalue weighted by Gasteiger charge is 2.34. The summed E-state index contributed by atoms with van der Waals surface area (Å²) in [6.45, 7) is 0.956. The van der Waals surface area contributed by atoms with Crippen LogP contribution in [0.4, 0.5) is 0 Å². The molecule has 0 aliphatic rings. The van der Waals surface area contributed by atoms with E-state index in [2.05, 4.69) is 4.74 Å². The molecule has 2 atom stereocenters. The first-order chi connectivity index (χ1) is 12.4. The van der Waals surface area contributed by atoms with Crippen LogP contribution in [0.25, 0.3) is 0 Å². The lowest BCUT2D eigenvalue weighted by Crippen LogP contribution is -2.40. The molecule has 2 N–H and O–H groups in total. The van der Waals surface area contributed by atoms with Gasteiger partial charge in [0.05, 0.1) is 11.6 Å². The molecule has 0 saturated carbocycles. The van der Waals surface area contributed by atoms with Gasteiger partial charge >= 0.3 is 17.9 Å². The zero-order valence-electron chi connectivity index (χ0n) is 14.0. The Morgan fingerprint density at radius 3 is 1.96 bits per heavy atom. The molecule has 0 heterocycles. The summed E-state index contributed by atoms with van der Waals surface area (Å²) >= 11 is 0. The number of esters is 3. The summed E-state index contributed by atoms with van der Waals surface area (Å²) in [6.07, 6.45) is -1.60. The van der Waals surface area contributed by atoms with E-state index in [1.54, 1.807) is 48.5 Å². The lowest BCUT2D eigenvalue weighted by Gasteiger charge is -2.22. The van der Waals surface area contributed by atoms with E-state index < -0.39 is 35.8 Å². The molecule has 2 rings (SSSR count). The molecular weight excluding hydrogens is 338 g/mol. The average molecular weight is 355 g/mol. The van der Waals surface area contributed by atoms with E-state index in [-0.39, 0.29) is 5.56 Å². The fraction of sp³-hybridized carbons (Fsp3) is 0.158. The molecule has 26 heavy (non-hydrogen) atoms. The minimum atomic E-state index is -1.60. The molecule has 0 saturated heterocycles. The van der Waals surface area contributed by atoms with Crippen molar-refractivity contribution in [1.29, 1.82) is 0 Å². The third-order valence-electron chi connectivity index (χ3n) is 3.47. The maximum atomic E-state index is 12.3. The van der Waals surface area contributed by atoms with E-state index in [4.69, 9.17) is 10.5 Å². The van der Waals surface area contributed by atoms with Crippen LogP contribution in [0.2, 0.25) is 0 Å². The first-order valence-corrected chi connectivity index (χ1v) is 7.73. The number of rotatable bonds is 6. The maximum Gasteiger partial charge on any atom is 0.382 e. The Hall–Kier alpha value is -3.32. The summed E-state index contributed by atoms with van der Waals surface area (Å²) in [6, 6.07) is 15.3. The van der Waals surface area contributed by atoms with Gasteiger partial charge in [0.1, 0.15) is 0 Å².